The second kappa shape index (κ2) is 13.1. The Kier molecular flexibility index (Phi) is 7.49. The van der Waals surface area contributed by atoms with Gasteiger partial charge >= 0.3 is 0 Å². The van der Waals surface area contributed by atoms with E-state index < -0.39 is 0 Å². The highest BCUT2D eigenvalue weighted by atomic mass is 15.1. The molecular weight excluding hydrogens is 679 g/mol. The molecule has 9 aromatic carbocycles. The molecule has 0 amide bonds. The summed E-state index contributed by atoms with van der Waals surface area (Å²) < 4.78 is 4.61. The standard InChI is InChI=1S/C53H35N3/c1-3-12-45(13-4-1)55-50-17-9-7-11-44(50)35-52(55)40-27-19-36(20-28-40)42-31-25-38-23-24-39-26-32-43(34-48(39)47(38)33-42)37-21-29-41(30-22-37)53-54-49-16-8-10-18-51(49)56(53)46-14-5-2-6-15-46/h1-35H. The largest absolute Gasteiger partial charge is 0.309 e. The second-order valence-electron chi connectivity index (χ2n) is 14.4. The molecule has 262 valence electrons. The highest BCUT2D eigenvalue weighted by Gasteiger charge is 2.16. The summed E-state index contributed by atoms with van der Waals surface area (Å²) in [7, 11) is 0. The van der Waals surface area contributed by atoms with E-state index in [1.165, 1.54) is 66.0 Å². The first-order valence-corrected chi connectivity index (χ1v) is 19.1. The Morgan fingerprint density at radius 3 is 1.39 bits per heavy atom. The van der Waals surface area contributed by atoms with Crippen molar-refractivity contribution in [2.45, 2.75) is 0 Å². The van der Waals surface area contributed by atoms with Crippen molar-refractivity contribution >= 4 is 43.5 Å². The van der Waals surface area contributed by atoms with Gasteiger partial charge in [0.1, 0.15) is 5.82 Å². The van der Waals surface area contributed by atoms with Crippen LogP contribution in [-0.4, -0.2) is 14.1 Å². The third kappa shape index (κ3) is 5.40. The fourth-order valence-corrected chi connectivity index (χ4v) is 8.33. The molecule has 0 atom stereocenters. The van der Waals surface area contributed by atoms with Gasteiger partial charge in [0.25, 0.3) is 0 Å². The Morgan fingerprint density at radius 1 is 0.304 bits per heavy atom. The molecule has 0 saturated heterocycles. The lowest BCUT2D eigenvalue weighted by molar-refractivity contribution is 1.10. The van der Waals surface area contributed by atoms with Crippen LogP contribution in [0.25, 0.3) is 99.8 Å². The van der Waals surface area contributed by atoms with Crippen LogP contribution >= 0.6 is 0 Å². The van der Waals surface area contributed by atoms with Gasteiger partial charge in [0.2, 0.25) is 0 Å². The predicted octanol–water partition coefficient (Wildman–Crippen LogP) is 13.9. The maximum absolute atomic E-state index is 5.08. The number of para-hydroxylation sites is 5. The normalized spacial score (nSPS) is 11.6. The third-order valence-corrected chi connectivity index (χ3v) is 11.1. The SMILES string of the molecule is c1ccc(-n2c(-c3ccc(-c4ccc5ccc6ccc(-c7ccc(-c8nc9ccccc9n8-c8ccccc8)cc7)cc6c5c4)cc3)cc3ccccc32)cc1. The molecule has 0 aliphatic carbocycles. The molecule has 3 heteroatoms. The number of hydrogen-bond donors (Lipinski definition) is 0. The lowest BCUT2D eigenvalue weighted by atomic mass is 9.94. The van der Waals surface area contributed by atoms with Crippen molar-refractivity contribution in [2.24, 2.45) is 0 Å². The van der Waals surface area contributed by atoms with Crippen molar-refractivity contribution in [1.29, 1.82) is 0 Å². The van der Waals surface area contributed by atoms with Crippen LogP contribution in [0.15, 0.2) is 212 Å². The van der Waals surface area contributed by atoms with Gasteiger partial charge in [0.05, 0.1) is 22.2 Å². The molecule has 2 heterocycles. The van der Waals surface area contributed by atoms with Gasteiger partial charge in [-0.1, -0.05) is 152 Å². The number of aromatic nitrogens is 3. The van der Waals surface area contributed by atoms with Gasteiger partial charge in [0, 0.05) is 22.3 Å². The number of hydrogen-bond acceptors (Lipinski definition) is 1. The number of rotatable bonds is 6. The van der Waals surface area contributed by atoms with Gasteiger partial charge in [-0.05, 0) is 110 Å². The zero-order valence-corrected chi connectivity index (χ0v) is 30.5. The van der Waals surface area contributed by atoms with E-state index in [0.29, 0.717) is 0 Å². The highest BCUT2D eigenvalue weighted by molar-refractivity contribution is 6.10. The van der Waals surface area contributed by atoms with Gasteiger partial charge in [-0.25, -0.2) is 4.98 Å². The van der Waals surface area contributed by atoms with Gasteiger partial charge < -0.3 is 4.57 Å². The number of benzene rings is 9. The van der Waals surface area contributed by atoms with Crippen LogP contribution in [0, 0.1) is 0 Å². The third-order valence-electron chi connectivity index (χ3n) is 11.1. The van der Waals surface area contributed by atoms with Crippen molar-refractivity contribution < 1.29 is 0 Å². The molecule has 0 radical (unpaired) electrons. The molecule has 11 aromatic rings. The lowest BCUT2D eigenvalue weighted by Crippen LogP contribution is -1.97. The van der Waals surface area contributed by atoms with E-state index in [4.69, 9.17) is 4.98 Å². The molecule has 11 rings (SSSR count). The lowest BCUT2D eigenvalue weighted by Gasteiger charge is -2.13. The summed E-state index contributed by atoms with van der Waals surface area (Å²) in [6.07, 6.45) is 0. The molecule has 0 spiro atoms. The van der Waals surface area contributed by atoms with E-state index in [2.05, 4.69) is 215 Å². The highest BCUT2D eigenvalue weighted by Crippen LogP contribution is 2.37. The van der Waals surface area contributed by atoms with Crippen LogP contribution in [0.4, 0.5) is 0 Å². The molecular formula is C53H35N3. The van der Waals surface area contributed by atoms with Crippen LogP contribution in [0.3, 0.4) is 0 Å². The van der Waals surface area contributed by atoms with Crippen molar-refractivity contribution in [3.05, 3.63) is 212 Å². The average Bonchev–Trinajstić information content (AvgIpc) is 3.86. The summed E-state index contributed by atoms with van der Waals surface area (Å²) in [5.74, 6) is 0.938. The molecule has 56 heavy (non-hydrogen) atoms. The van der Waals surface area contributed by atoms with Gasteiger partial charge in [-0.15, -0.1) is 0 Å². The molecule has 0 N–H and O–H groups in total. The minimum Gasteiger partial charge on any atom is -0.309 e. The Labute approximate surface area is 325 Å². The summed E-state index contributed by atoms with van der Waals surface area (Å²) in [5.41, 5.74) is 13.8. The average molecular weight is 714 g/mol. The smallest absolute Gasteiger partial charge is 0.145 e. The Morgan fingerprint density at radius 2 is 0.768 bits per heavy atom. The van der Waals surface area contributed by atoms with Crippen molar-refractivity contribution in [2.75, 3.05) is 0 Å². The van der Waals surface area contributed by atoms with Gasteiger partial charge in [0.15, 0.2) is 0 Å². The fourth-order valence-electron chi connectivity index (χ4n) is 8.33. The molecule has 2 aromatic heterocycles. The minimum atomic E-state index is 0.938. The van der Waals surface area contributed by atoms with Crippen molar-refractivity contribution in [3.63, 3.8) is 0 Å². The van der Waals surface area contributed by atoms with E-state index >= 15 is 0 Å². The van der Waals surface area contributed by atoms with E-state index in [9.17, 15) is 0 Å². The van der Waals surface area contributed by atoms with Crippen LogP contribution < -0.4 is 0 Å². The van der Waals surface area contributed by atoms with Crippen molar-refractivity contribution in [3.8, 4) is 56.3 Å². The zero-order chi connectivity index (χ0) is 37.0. The summed E-state index contributed by atoms with van der Waals surface area (Å²) in [6.45, 7) is 0. The van der Waals surface area contributed by atoms with Crippen LogP contribution in [0.2, 0.25) is 0 Å². The Balaban J connectivity index is 0.948. The summed E-state index contributed by atoms with van der Waals surface area (Å²) in [5, 5.41) is 6.20. The van der Waals surface area contributed by atoms with E-state index in [1.807, 2.05) is 6.07 Å². The van der Waals surface area contributed by atoms with Gasteiger partial charge in [-0.3, -0.25) is 4.57 Å². The number of imidazole rings is 1. The molecule has 0 aliphatic heterocycles. The van der Waals surface area contributed by atoms with Crippen molar-refractivity contribution in [1.82, 2.24) is 14.1 Å². The second-order valence-corrected chi connectivity index (χ2v) is 14.4. The number of nitrogens with zero attached hydrogens (tertiary/aromatic N) is 3. The van der Waals surface area contributed by atoms with E-state index in [1.54, 1.807) is 0 Å². The quantitative estimate of drug-likeness (QED) is 0.157. The van der Waals surface area contributed by atoms with Gasteiger partial charge in [-0.2, -0.15) is 0 Å². The number of fused-ring (bicyclic) bond motifs is 5. The molecule has 0 bridgehead atoms. The van der Waals surface area contributed by atoms with E-state index in [0.717, 1.165) is 33.8 Å². The zero-order valence-electron chi connectivity index (χ0n) is 30.5. The van der Waals surface area contributed by atoms with Crippen LogP contribution in [0.1, 0.15) is 0 Å². The van der Waals surface area contributed by atoms with Crippen LogP contribution in [-0.2, 0) is 0 Å². The molecule has 3 nitrogen and oxygen atoms in total. The molecule has 0 fully saturated rings. The summed E-state index contributed by atoms with van der Waals surface area (Å²) >= 11 is 0. The summed E-state index contributed by atoms with van der Waals surface area (Å²) in [6, 6.07) is 76.4. The first-order valence-electron chi connectivity index (χ1n) is 19.1. The predicted molar refractivity (Wildman–Crippen MR) is 235 cm³/mol. The van der Waals surface area contributed by atoms with Crippen LogP contribution in [0.5, 0.6) is 0 Å². The maximum Gasteiger partial charge on any atom is 0.145 e. The monoisotopic (exact) mass is 713 g/mol. The minimum absolute atomic E-state index is 0.938. The molecule has 0 saturated carbocycles. The maximum atomic E-state index is 5.08. The first-order chi connectivity index (χ1) is 27.7. The Hall–Kier alpha value is -7.49. The topological polar surface area (TPSA) is 22.8 Å². The first kappa shape index (κ1) is 32.0. The molecule has 0 aliphatic rings. The molecule has 0 unspecified atom stereocenters. The Bertz CT molecular complexity index is 2990. The summed E-state index contributed by atoms with van der Waals surface area (Å²) in [4.78, 5) is 5.08. The fraction of sp³-hybridized carbons (Fsp3) is 0. The van der Waals surface area contributed by atoms with E-state index in [-0.39, 0.29) is 0 Å².